The Balaban J connectivity index is 4.15. The van der Waals surface area contributed by atoms with Crippen molar-refractivity contribution in [1.29, 1.82) is 0 Å². The molecule has 0 aromatic heterocycles. The molecule has 1 unspecified atom stereocenters. The summed E-state index contributed by atoms with van der Waals surface area (Å²) in [5.74, 6) is -1.54. The lowest BCUT2D eigenvalue weighted by atomic mass is 10.2. The highest BCUT2D eigenvalue weighted by Crippen LogP contribution is 1.92. The van der Waals surface area contributed by atoms with Gasteiger partial charge in [-0.05, 0) is 14.0 Å². The molecule has 0 heterocycles. The van der Waals surface area contributed by atoms with Crippen molar-refractivity contribution in [2.75, 3.05) is 13.7 Å². The standard InChI is InChI=1S/C8H16N2O4/c1-5(9-2)7(12)10-6(3-4-11)8(13)14/h5-6,9,11H,3-4H2,1-2H3,(H,10,12)(H,13,14)/t5?,6-/m1/s1. The molecule has 0 rings (SSSR count). The van der Waals surface area contributed by atoms with Gasteiger partial charge in [0.05, 0.1) is 6.04 Å². The number of carboxylic acids is 1. The Morgan fingerprint density at radius 1 is 1.43 bits per heavy atom. The second-order valence-corrected chi connectivity index (χ2v) is 2.92. The highest BCUT2D eigenvalue weighted by molar-refractivity contribution is 5.86. The maximum absolute atomic E-state index is 11.2. The minimum atomic E-state index is -1.14. The third-order valence-electron chi connectivity index (χ3n) is 1.86. The third-order valence-corrected chi connectivity index (χ3v) is 1.86. The van der Waals surface area contributed by atoms with Gasteiger partial charge in [-0.2, -0.15) is 0 Å². The predicted octanol–water partition coefficient (Wildman–Crippen LogP) is -1.45. The van der Waals surface area contributed by atoms with Crippen molar-refractivity contribution < 1.29 is 19.8 Å². The van der Waals surface area contributed by atoms with E-state index in [1.165, 1.54) is 0 Å². The fourth-order valence-electron chi connectivity index (χ4n) is 0.814. The van der Waals surface area contributed by atoms with E-state index < -0.39 is 24.0 Å². The summed E-state index contributed by atoms with van der Waals surface area (Å²) < 4.78 is 0. The predicted molar refractivity (Wildman–Crippen MR) is 49.8 cm³/mol. The molecule has 0 aromatic rings. The smallest absolute Gasteiger partial charge is 0.326 e. The van der Waals surface area contributed by atoms with Crippen molar-refractivity contribution >= 4 is 11.9 Å². The summed E-state index contributed by atoms with van der Waals surface area (Å²) in [6.07, 6.45) is 0.0114. The van der Waals surface area contributed by atoms with Crippen LogP contribution in [0.15, 0.2) is 0 Å². The molecule has 0 fully saturated rings. The number of rotatable bonds is 6. The van der Waals surface area contributed by atoms with Crippen LogP contribution in [0.1, 0.15) is 13.3 Å². The molecule has 0 aromatic carbocycles. The zero-order chi connectivity index (χ0) is 11.1. The number of carbonyl (C=O) groups excluding carboxylic acids is 1. The fourth-order valence-corrected chi connectivity index (χ4v) is 0.814. The van der Waals surface area contributed by atoms with Crippen molar-refractivity contribution in [2.45, 2.75) is 25.4 Å². The number of aliphatic carboxylic acids is 1. The Morgan fingerprint density at radius 2 is 2.00 bits per heavy atom. The van der Waals surface area contributed by atoms with E-state index in [9.17, 15) is 9.59 Å². The summed E-state index contributed by atoms with van der Waals surface area (Å²) in [6.45, 7) is 1.35. The quantitative estimate of drug-likeness (QED) is 0.424. The van der Waals surface area contributed by atoms with Gasteiger partial charge in [0.15, 0.2) is 0 Å². The summed E-state index contributed by atoms with van der Waals surface area (Å²) in [5.41, 5.74) is 0. The molecule has 0 spiro atoms. The van der Waals surface area contributed by atoms with Crippen molar-refractivity contribution in [2.24, 2.45) is 0 Å². The Hall–Kier alpha value is -1.14. The fraction of sp³-hybridized carbons (Fsp3) is 0.750. The number of likely N-dealkylation sites (N-methyl/N-ethyl adjacent to an activating group) is 1. The number of hydrogen-bond acceptors (Lipinski definition) is 4. The van der Waals surface area contributed by atoms with Gasteiger partial charge in [0.1, 0.15) is 6.04 Å². The molecule has 0 saturated carbocycles. The Labute approximate surface area is 82.3 Å². The van der Waals surface area contributed by atoms with Crippen LogP contribution in [-0.4, -0.2) is 47.8 Å². The van der Waals surface area contributed by atoms with Crippen LogP contribution in [0.25, 0.3) is 0 Å². The summed E-state index contributed by atoms with van der Waals surface area (Å²) in [4.78, 5) is 21.8. The van der Waals surface area contributed by atoms with E-state index in [0.29, 0.717) is 0 Å². The largest absolute Gasteiger partial charge is 0.480 e. The van der Waals surface area contributed by atoms with Gasteiger partial charge in [-0.1, -0.05) is 0 Å². The molecule has 14 heavy (non-hydrogen) atoms. The molecular weight excluding hydrogens is 188 g/mol. The Morgan fingerprint density at radius 3 is 2.36 bits per heavy atom. The van der Waals surface area contributed by atoms with Gasteiger partial charge in [-0.25, -0.2) is 4.79 Å². The van der Waals surface area contributed by atoms with Crippen LogP contribution in [0.4, 0.5) is 0 Å². The average molecular weight is 204 g/mol. The zero-order valence-electron chi connectivity index (χ0n) is 8.28. The lowest BCUT2D eigenvalue weighted by Crippen LogP contribution is -2.48. The molecule has 0 saturated heterocycles. The number of amides is 1. The summed E-state index contributed by atoms with van der Waals surface area (Å²) >= 11 is 0. The number of hydrogen-bond donors (Lipinski definition) is 4. The van der Waals surface area contributed by atoms with Gasteiger partial charge >= 0.3 is 5.97 Å². The van der Waals surface area contributed by atoms with Crippen molar-refractivity contribution in [3.05, 3.63) is 0 Å². The number of aliphatic hydroxyl groups excluding tert-OH is 1. The molecule has 1 amide bonds. The molecule has 4 N–H and O–H groups in total. The third kappa shape index (κ3) is 4.20. The summed E-state index contributed by atoms with van der Waals surface area (Å²) in [5, 5.41) is 22.2. The molecule has 0 aliphatic heterocycles. The van der Waals surface area contributed by atoms with E-state index >= 15 is 0 Å². The maximum atomic E-state index is 11.2. The molecule has 0 radical (unpaired) electrons. The van der Waals surface area contributed by atoms with Gasteiger partial charge in [0.2, 0.25) is 5.91 Å². The van der Waals surface area contributed by atoms with Crippen molar-refractivity contribution in [3.63, 3.8) is 0 Å². The van der Waals surface area contributed by atoms with E-state index in [-0.39, 0.29) is 13.0 Å². The molecule has 0 bridgehead atoms. The van der Waals surface area contributed by atoms with Crippen LogP contribution in [0.5, 0.6) is 0 Å². The highest BCUT2D eigenvalue weighted by atomic mass is 16.4. The molecular formula is C8H16N2O4. The van der Waals surface area contributed by atoms with E-state index in [1.54, 1.807) is 14.0 Å². The first-order valence-corrected chi connectivity index (χ1v) is 4.34. The normalized spacial score (nSPS) is 14.5. The Kier molecular flexibility index (Phi) is 5.82. The minimum absolute atomic E-state index is 0.0114. The first kappa shape index (κ1) is 12.9. The molecule has 6 heteroatoms. The lowest BCUT2D eigenvalue weighted by molar-refractivity contribution is -0.142. The second-order valence-electron chi connectivity index (χ2n) is 2.92. The average Bonchev–Trinajstić information content (AvgIpc) is 2.15. The Bertz CT molecular complexity index is 208. The van der Waals surface area contributed by atoms with Crippen LogP contribution in [-0.2, 0) is 9.59 Å². The summed E-state index contributed by atoms with van der Waals surface area (Å²) in [7, 11) is 1.60. The van der Waals surface area contributed by atoms with Crippen LogP contribution < -0.4 is 10.6 Å². The van der Waals surface area contributed by atoms with Crippen LogP contribution in [0.3, 0.4) is 0 Å². The molecule has 6 nitrogen and oxygen atoms in total. The molecule has 0 aliphatic rings. The van der Waals surface area contributed by atoms with Gasteiger partial charge in [0.25, 0.3) is 0 Å². The monoisotopic (exact) mass is 204 g/mol. The summed E-state index contributed by atoms with van der Waals surface area (Å²) in [6, 6.07) is -1.47. The van der Waals surface area contributed by atoms with Gasteiger partial charge < -0.3 is 20.8 Å². The topological polar surface area (TPSA) is 98.7 Å². The second kappa shape index (κ2) is 6.33. The van der Waals surface area contributed by atoms with E-state index in [4.69, 9.17) is 10.2 Å². The molecule has 0 aliphatic carbocycles. The van der Waals surface area contributed by atoms with Gasteiger partial charge in [0, 0.05) is 13.0 Å². The zero-order valence-corrected chi connectivity index (χ0v) is 8.28. The highest BCUT2D eigenvalue weighted by Gasteiger charge is 2.21. The molecule has 82 valence electrons. The lowest BCUT2D eigenvalue weighted by Gasteiger charge is -2.16. The number of carboxylic acid groups (broad SMARTS) is 1. The van der Waals surface area contributed by atoms with Crippen molar-refractivity contribution in [1.82, 2.24) is 10.6 Å². The molecule has 2 atom stereocenters. The maximum Gasteiger partial charge on any atom is 0.326 e. The van der Waals surface area contributed by atoms with Crippen LogP contribution in [0, 0.1) is 0 Å². The number of carbonyl (C=O) groups is 2. The van der Waals surface area contributed by atoms with E-state index in [0.717, 1.165) is 0 Å². The van der Waals surface area contributed by atoms with Gasteiger partial charge in [-0.15, -0.1) is 0 Å². The minimum Gasteiger partial charge on any atom is -0.480 e. The number of aliphatic hydroxyl groups is 1. The first-order chi connectivity index (χ1) is 6.52. The van der Waals surface area contributed by atoms with E-state index in [2.05, 4.69) is 10.6 Å². The van der Waals surface area contributed by atoms with Crippen molar-refractivity contribution in [3.8, 4) is 0 Å². The first-order valence-electron chi connectivity index (χ1n) is 4.34. The van der Waals surface area contributed by atoms with Crippen LogP contribution >= 0.6 is 0 Å². The van der Waals surface area contributed by atoms with Gasteiger partial charge in [-0.3, -0.25) is 4.79 Å². The van der Waals surface area contributed by atoms with E-state index in [1.807, 2.05) is 0 Å². The van der Waals surface area contributed by atoms with Crippen LogP contribution in [0.2, 0.25) is 0 Å². The SMILES string of the molecule is CNC(C)C(=O)N[C@H](CCO)C(=O)O. The number of nitrogens with one attached hydrogen (secondary N) is 2.